The van der Waals surface area contributed by atoms with E-state index in [2.05, 4.69) is 41.3 Å². The van der Waals surface area contributed by atoms with Gasteiger partial charge in [0.2, 0.25) is 5.91 Å². The fourth-order valence-corrected chi connectivity index (χ4v) is 3.25. The number of amides is 1. The zero-order valence-electron chi connectivity index (χ0n) is 20.7. The SMILES string of the molecule is CS(=O)(=O)[O-].Cc1cc[n+](CCCCCCCCCCNC(=O)/C=C/c2ccc(O)c(O)c2)cc1. The zero-order chi connectivity index (χ0) is 26.1. The van der Waals surface area contributed by atoms with Crippen LogP contribution in [0.2, 0.25) is 0 Å². The molecule has 1 amide bonds. The molecule has 2 rings (SSSR count). The molecule has 1 heterocycles. The number of nitrogens with zero attached hydrogens (tertiary/aromatic N) is 1. The van der Waals surface area contributed by atoms with Crippen LogP contribution in [0.1, 0.15) is 62.5 Å². The van der Waals surface area contributed by atoms with Crippen molar-refractivity contribution in [3.63, 3.8) is 0 Å². The summed E-state index contributed by atoms with van der Waals surface area (Å²) in [7, 11) is -3.92. The molecule has 1 aromatic heterocycles. The van der Waals surface area contributed by atoms with Crippen LogP contribution in [0.15, 0.2) is 48.8 Å². The minimum Gasteiger partial charge on any atom is -0.748 e. The number of aryl methyl sites for hydroxylation is 2. The lowest BCUT2D eigenvalue weighted by Gasteiger charge is -2.03. The Kier molecular flexibility index (Phi) is 14.3. The average Bonchev–Trinajstić information content (AvgIpc) is 2.78. The predicted molar refractivity (Wildman–Crippen MR) is 136 cm³/mol. The van der Waals surface area contributed by atoms with Crippen molar-refractivity contribution in [1.82, 2.24) is 5.32 Å². The number of carbonyl (C=O) groups is 1. The molecule has 9 heteroatoms. The van der Waals surface area contributed by atoms with E-state index in [1.165, 1.54) is 62.3 Å². The first kappa shape index (κ1) is 30.1. The predicted octanol–water partition coefficient (Wildman–Crippen LogP) is 3.81. The molecule has 0 unspecified atom stereocenters. The number of phenolic OH excluding ortho intramolecular Hbond substituents is 2. The lowest BCUT2D eigenvalue weighted by atomic mass is 10.1. The molecule has 0 spiro atoms. The molecule has 8 nitrogen and oxygen atoms in total. The molecule has 194 valence electrons. The first-order chi connectivity index (χ1) is 16.5. The number of phenols is 2. The number of hydrogen-bond acceptors (Lipinski definition) is 6. The second kappa shape index (κ2) is 16.7. The number of nitrogens with one attached hydrogen (secondary N) is 1. The number of aromatic nitrogens is 1. The molecule has 35 heavy (non-hydrogen) atoms. The molecule has 0 aliphatic carbocycles. The van der Waals surface area contributed by atoms with Gasteiger partial charge >= 0.3 is 0 Å². The third-order valence-corrected chi connectivity index (χ3v) is 5.13. The number of aromatic hydroxyl groups is 2. The standard InChI is InChI=1S/C25H34N2O3.CH4O3S/c1-21-14-18-27(19-15-21)17-9-7-5-3-2-4-6-8-16-26-25(30)13-11-22-10-12-23(28)24(29)20-22;1-5(2,3)4/h10-15,18-20H,2-9,16-17H2,1H3,(H2-,26,28,29,30);1H3,(H,2,3,4). The minimum absolute atomic E-state index is 0.144. The second-order valence-electron chi connectivity index (χ2n) is 8.52. The van der Waals surface area contributed by atoms with E-state index in [9.17, 15) is 15.0 Å². The highest BCUT2D eigenvalue weighted by Crippen LogP contribution is 2.25. The van der Waals surface area contributed by atoms with Crippen LogP contribution in [0.3, 0.4) is 0 Å². The molecule has 0 atom stereocenters. The van der Waals surface area contributed by atoms with Gasteiger partial charge in [0.05, 0.1) is 10.1 Å². The van der Waals surface area contributed by atoms with Crippen molar-refractivity contribution in [1.29, 1.82) is 0 Å². The third kappa shape index (κ3) is 17.2. The average molecular weight is 507 g/mol. The number of carbonyl (C=O) groups excluding carboxylic acids is 1. The maximum absolute atomic E-state index is 11.8. The molecular weight excluding hydrogens is 468 g/mol. The Bertz CT molecular complexity index is 1010. The van der Waals surface area contributed by atoms with Crippen molar-refractivity contribution in [2.45, 2.75) is 64.8 Å². The Labute approximate surface area is 209 Å². The van der Waals surface area contributed by atoms with Crippen LogP contribution in [-0.2, 0) is 21.5 Å². The van der Waals surface area contributed by atoms with Gasteiger partial charge < -0.3 is 20.1 Å². The minimum atomic E-state index is -3.92. The quantitative estimate of drug-likeness (QED) is 0.125. The van der Waals surface area contributed by atoms with Crippen molar-refractivity contribution < 1.29 is 32.5 Å². The van der Waals surface area contributed by atoms with Crippen molar-refractivity contribution in [2.24, 2.45) is 0 Å². The number of rotatable bonds is 13. The lowest BCUT2D eigenvalue weighted by molar-refractivity contribution is -0.697. The summed E-state index contributed by atoms with van der Waals surface area (Å²) in [6, 6.07) is 8.76. The van der Waals surface area contributed by atoms with Crippen molar-refractivity contribution in [2.75, 3.05) is 12.8 Å². The van der Waals surface area contributed by atoms with Gasteiger partial charge in [0, 0.05) is 37.4 Å². The third-order valence-electron chi connectivity index (χ3n) is 5.13. The van der Waals surface area contributed by atoms with E-state index in [0.29, 0.717) is 18.4 Å². The lowest BCUT2D eigenvalue weighted by Crippen LogP contribution is -2.32. The summed E-state index contributed by atoms with van der Waals surface area (Å²) in [4.78, 5) is 11.8. The van der Waals surface area contributed by atoms with Crippen LogP contribution in [0.25, 0.3) is 6.08 Å². The van der Waals surface area contributed by atoms with Gasteiger partial charge in [-0.1, -0.05) is 38.2 Å². The zero-order valence-corrected chi connectivity index (χ0v) is 21.5. The van der Waals surface area contributed by atoms with Crippen molar-refractivity contribution in [3.8, 4) is 11.5 Å². The molecule has 0 saturated heterocycles. The van der Waals surface area contributed by atoms with Crippen LogP contribution in [0.4, 0.5) is 0 Å². The molecule has 0 bridgehead atoms. The van der Waals surface area contributed by atoms with E-state index in [1.807, 2.05) is 0 Å². The molecule has 0 aliphatic heterocycles. The summed E-state index contributed by atoms with van der Waals surface area (Å²) < 4.78 is 29.5. The molecule has 0 radical (unpaired) electrons. The van der Waals surface area contributed by atoms with Gasteiger partial charge in [0.1, 0.15) is 6.54 Å². The highest BCUT2D eigenvalue weighted by atomic mass is 32.2. The van der Waals surface area contributed by atoms with Crippen molar-refractivity contribution >= 4 is 22.1 Å². The molecule has 0 fully saturated rings. The highest BCUT2D eigenvalue weighted by Gasteiger charge is 2.01. The second-order valence-corrected chi connectivity index (χ2v) is 9.93. The first-order valence-electron chi connectivity index (χ1n) is 11.9. The topological polar surface area (TPSA) is 131 Å². The normalized spacial score (nSPS) is 11.2. The molecule has 2 aromatic rings. The summed E-state index contributed by atoms with van der Waals surface area (Å²) in [5, 5.41) is 21.6. The number of benzene rings is 1. The van der Waals surface area contributed by atoms with Crippen molar-refractivity contribution in [3.05, 3.63) is 59.9 Å². The van der Waals surface area contributed by atoms with Crippen LogP contribution in [0.5, 0.6) is 11.5 Å². The fourth-order valence-electron chi connectivity index (χ4n) is 3.25. The van der Waals surface area contributed by atoms with Gasteiger partial charge in [0.25, 0.3) is 0 Å². The Morgan fingerprint density at radius 2 is 1.49 bits per heavy atom. The molecule has 3 N–H and O–H groups in total. The summed E-state index contributed by atoms with van der Waals surface area (Å²) in [6.07, 6.45) is 17.7. The Balaban J connectivity index is 0.00000111. The van der Waals surface area contributed by atoms with Crippen LogP contribution >= 0.6 is 0 Å². The van der Waals surface area contributed by atoms with Crippen LogP contribution < -0.4 is 9.88 Å². The fraction of sp³-hybridized carbons (Fsp3) is 0.462. The molecule has 1 aromatic carbocycles. The Hall–Kier alpha value is -2.91. The molecular formula is C26H38N2O6S. The summed E-state index contributed by atoms with van der Waals surface area (Å²) >= 11 is 0. The van der Waals surface area contributed by atoms with E-state index in [-0.39, 0.29) is 17.4 Å². The van der Waals surface area contributed by atoms with E-state index in [4.69, 9.17) is 13.0 Å². The summed E-state index contributed by atoms with van der Waals surface area (Å²) in [6.45, 7) is 3.89. The number of pyridine rings is 1. The van der Waals surface area contributed by atoms with Gasteiger partial charge in [0.15, 0.2) is 23.9 Å². The van der Waals surface area contributed by atoms with Crippen LogP contribution in [0, 0.1) is 6.92 Å². The van der Waals surface area contributed by atoms with Gasteiger partial charge in [-0.2, -0.15) is 0 Å². The van der Waals surface area contributed by atoms with E-state index >= 15 is 0 Å². The van der Waals surface area contributed by atoms with E-state index in [1.54, 1.807) is 12.1 Å². The van der Waals surface area contributed by atoms with Gasteiger partial charge in [-0.05, 0) is 49.1 Å². The summed E-state index contributed by atoms with van der Waals surface area (Å²) in [5.74, 6) is -0.505. The van der Waals surface area contributed by atoms with Gasteiger partial charge in [-0.15, -0.1) is 0 Å². The van der Waals surface area contributed by atoms with E-state index < -0.39 is 10.1 Å². The van der Waals surface area contributed by atoms with Crippen LogP contribution in [-0.4, -0.2) is 41.9 Å². The molecule has 0 saturated carbocycles. The largest absolute Gasteiger partial charge is 0.748 e. The Morgan fingerprint density at radius 1 is 0.943 bits per heavy atom. The highest BCUT2D eigenvalue weighted by molar-refractivity contribution is 7.84. The maximum Gasteiger partial charge on any atom is 0.243 e. The molecule has 0 aliphatic rings. The number of unbranched alkanes of at least 4 members (excludes halogenated alkanes) is 7. The smallest absolute Gasteiger partial charge is 0.243 e. The maximum atomic E-state index is 11.8. The monoisotopic (exact) mass is 506 g/mol. The van der Waals surface area contributed by atoms with E-state index in [0.717, 1.165) is 19.4 Å². The summed E-state index contributed by atoms with van der Waals surface area (Å²) in [5.41, 5.74) is 1.97. The number of hydrogen-bond donors (Lipinski definition) is 3. The van der Waals surface area contributed by atoms with Gasteiger partial charge in [-0.3, -0.25) is 4.79 Å². The first-order valence-corrected chi connectivity index (χ1v) is 13.7. The van der Waals surface area contributed by atoms with Gasteiger partial charge in [-0.25, -0.2) is 13.0 Å². The Morgan fingerprint density at radius 3 is 2.06 bits per heavy atom.